The normalized spacial score (nSPS) is 16.3. The second-order valence-corrected chi connectivity index (χ2v) is 7.50. The molecule has 136 valence electrons. The minimum atomic E-state index is -0.231. The molecule has 1 aliphatic rings. The largest absolute Gasteiger partial charge is 0.497 e. The first-order valence-electron chi connectivity index (χ1n) is 8.51. The summed E-state index contributed by atoms with van der Waals surface area (Å²) in [4.78, 5) is 13.7. The fourth-order valence-electron chi connectivity index (χ4n) is 3.16. The molecular weight excluding hydrogens is 380 g/mol. The molecule has 4 nitrogen and oxygen atoms in total. The molecule has 3 aromatic rings. The van der Waals surface area contributed by atoms with E-state index in [-0.39, 0.29) is 11.9 Å². The molecule has 1 aromatic heterocycles. The third-order valence-electron chi connectivity index (χ3n) is 4.54. The topological polar surface area (TPSA) is 41.9 Å². The highest BCUT2D eigenvalue weighted by molar-refractivity contribution is 7.12. The van der Waals surface area contributed by atoms with Crippen molar-refractivity contribution in [2.45, 2.75) is 12.5 Å². The van der Waals surface area contributed by atoms with Crippen LogP contribution in [0, 0.1) is 0 Å². The highest BCUT2D eigenvalue weighted by Gasteiger charge is 2.35. The van der Waals surface area contributed by atoms with Crippen LogP contribution in [0.3, 0.4) is 0 Å². The smallest absolute Gasteiger partial charge is 0.284 e. The zero-order valence-electron chi connectivity index (χ0n) is 14.6. The first kappa shape index (κ1) is 17.8. The van der Waals surface area contributed by atoms with E-state index < -0.39 is 0 Å². The fraction of sp³-hybridized carbons (Fsp3) is 0.143. The number of hydrazone groups is 1. The van der Waals surface area contributed by atoms with Gasteiger partial charge in [0.25, 0.3) is 5.91 Å². The van der Waals surface area contributed by atoms with Crippen LogP contribution in [0.5, 0.6) is 5.75 Å². The monoisotopic (exact) mass is 396 g/mol. The van der Waals surface area contributed by atoms with Crippen LogP contribution in [0.25, 0.3) is 0 Å². The summed E-state index contributed by atoms with van der Waals surface area (Å²) in [5.74, 6) is 0.671. The number of hydrogen-bond donors (Lipinski definition) is 0. The standard InChI is InChI=1S/C21H17ClN2O2S/c1-26-15-10-8-14(9-11-15)18-13-19(16-5-2-3-6-17(16)22)24(23-18)21(25)20-7-4-12-27-20/h2-12,19H,13H2,1H3. The Labute approximate surface area is 166 Å². The van der Waals surface area contributed by atoms with Crippen LogP contribution in [0.4, 0.5) is 0 Å². The van der Waals surface area contributed by atoms with Gasteiger partial charge in [-0.1, -0.05) is 35.9 Å². The van der Waals surface area contributed by atoms with Crippen molar-refractivity contribution in [1.29, 1.82) is 0 Å². The number of methoxy groups -OCH3 is 1. The lowest BCUT2D eigenvalue weighted by Crippen LogP contribution is -2.26. The van der Waals surface area contributed by atoms with Crippen LogP contribution in [0.15, 0.2) is 71.1 Å². The van der Waals surface area contributed by atoms with Gasteiger partial charge in [0, 0.05) is 11.4 Å². The van der Waals surface area contributed by atoms with Crippen molar-refractivity contribution in [2.24, 2.45) is 5.10 Å². The highest BCUT2D eigenvalue weighted by atomic mass is 35.5. The second-order valence-electron chi connectivity index (χ2n) is 6.14. The molecular formula is C21H17ClN2O2S. The van der Waals surface area contributed by atoms with Crippen molar-refractivity contribution in [3.63, 3.8) is 0 Å². The molecule has 0 fully saturated rings. The Morgan fingerprint density at radius 2 is 1.93 bits per heavy atom. The van der Waals surface area contributed by atoms with Gasteiger partial charge >= 0.3 is 0 Å². The Morgan fingerprint density at radius 3 is 2.59 bits per heavy atom. The summed E-state index contributed by atoms with van der Waals surface area (Å²) in [7, 11) is 1.64. The number of ether oxygens (including phenoxy) is 1. The van der Waals surface area contributed by atoms with Gasteiger partial charge in [0.15, 0.2) is 0 Å². The number of benzene rings is 2. The molecule has 4 rings (SSSR count). The number of amides is 1. The van der Waals surface area contributed by atoms with E-state index in [2.05, 4.69) is 5.10 Å². The van der Waals surface area contributed by atoms with Crippen LogP contribution in [-0.4, -0.2) is 23.7 Å². The van der Waals surface area contributed by atoms with Gasteiger partial charge < -0.3 is 4.74 Å². The number of rotatable bonds is 4. The molecule has 6 heteroatoms. The average Bonchev–Trinajstić information content (AvgIpc) is 3.38. The van der Waals surface area contributed by atoms with Gasteiger partial charge in [-0.15, -0.1) is 11.3 Å². The summed E-state index contributed by atoms with van der Waals surface area (Å²) >= 11 is 7.84. The van der Waals surface area contributed by atoms with Crippen molar-refractivity contribution >= 4 is 34.6 Å². The Balaban J connectivity index is 1.73. The van der Waals surface area contributed by atoms with Gasteiger partial charge in [0.2, 0.25) is 0 Å². The SMILES string of the molecule is COc1ccc(C2=NN(C(=O)c3cccs3)C(c3ccccc3Cl)C2)cc1. The maximum Gasteiger partial charge on any atom is 0.284 e. The maximum atomic E-state index is 13.0. The Hall–Kier alpha value is -2.63. The van der Waals surface area contributed by atoms with Crippen LogP contribution in [0.2, 0.25) is 5.02 Å². The molecule has 0 N–H and O–H groups in total. The van der Waals surface area contributed by atoms with E-state index in [1.807, 2.05) is 66.0 Å². The van der Waals surface area contributed by atoms with Gasteiger partial charge in [-0.3, -0.25) is 4.79 Å². The minimum absolute atomic E-state index is 0.113. The van der Waals surface area contributed by atoms with Gasteiger partial charge in [-0.25, -0.2) is 5.01 Å². The third kappa shape index (κ3) is 3.48. The Kier molecular flexibility index (Phi) is 4.97. The van der Waals surface area contributed by atoms with E-state index in [0.29, 0.717) is 16.3 Å². The number of hydrogen-bond acceptors (Lipinski definition) is 4. The van der Waals surface area contributed by atoms with E-state index >= 15 is 0 Å². The van der Waals surface area contributed by atoms with Crippen molar-refractivity contribution in [3.05, 3.63) is 87.1 Å². The molecule has 1 aliphatic heterocycles. The van der Waals surface area contributed by atoms with Gasteiger partial charge in [-0.05, 0) is 52.9 Å². The summed E-state index contributed by atoms with van der Waals surface area (Å²) < 4.78 is 5.23. The van der Waals surface area contributed by atoms with Gasteiger partial charge in [0.05, 0.1) is 23.7 Å². The molecule has 1 atom stereocenters. The van der Waals surface area contributed by atoms with E-state index in [4.69, 9.17) is 16.3 Å². The number of carbonyl (C=O) groups excluding carboxylic acids is 1. The Morgan fingerprint density at radius 1 is 1.15 bits per heavy atom. The van der Waals surface area contributed by atoms with Crippen molar-refractivity contribution in [3.8, 4) is 5.75 Å². The molecule has 0 bridgehead atoms. The van der Waals surface area contributed by atoms with E-state index in [9.17, 15) is 4.79 Å². The van der Waals surface area contributed by atoms with Crippen molar-refractivity contribution in [2.75, 3.05) is 7.11 Å². The molecule has 1 unspecified atom stereocenters. The molecule has 0 radical (unpaired) electrons. The summed E-state index contributed by atoms with van der Waals surface area (Å²) in [6.45, 7) is 0. The van der Waals surface area contributed by atoms with Crippen molar-refractivity contribution in [1.82, 2.24) is 5.01 Å². The van der Waals surface area contributed by atoms with Gasteiger partial charge in [0.1, 0.15) is 5.75 Å². The molecule has 1 amide bonds. The second kappa shape index (κ2) is 7.55. The first-order valence-corrected chi connectivity index (χ1v) is 9.76. The summed E-state index contributed by atoms with van der Waals surface area (Å²) in [5.41, 5.74) is 2.72. The van der Waals surface area contributed by atoms with Crippen LogP contribution < -0.4 is 4.74 Å². The predicted octanol–water partition coefficient (Wildman–Crippen LogP) is 5.40. The lowest BCUT2D eigenvalue weighted by Gasteiger charge is -2.22. The number of thiophene rings is 1. The molecule has 2 aromatic carbocycles. The van der Waals surface area contributed by atoms with Crippen molar-refractivity contribution < 1.29 is 9.53 Å². The average molecular weight is 397 g/mol. The lowest BCUT2D eigenvalue weighted by atomic mass is 9.98. The zero-order chi connectivity index (χ0) is 18.8. The quantitative estimate of drug-likeness (QED) is 0.592. The highest BCUT2D eigenvalue weighted by Crippen LogP contribution is 2.37. The predicted molar refractivity (Wildman–Crippen MR) is 109 cm³/mol. The first-order chi connectivity index (χ1) is 13.2. The van der Waals surface area contributed by atoms with E-state index in [0.717, 1.165) is 22.6 Å². The Bertz CT molecular complexity index is 984. The van der Waals surface area contributed by atoms with E-state index in [1.165, 1.54) is 11.3 Å². The summed E-state index contributed by atoms with van der Waals surface area (Å²) in [5, 5.41) is 8.77. The molecule has 0 saturated heterocycles. The summed E-state index contributed by atoms with van der Waals surface area (Å²) in [6, 6.07) is 18.8. The number of nitrogens with zero attached hydrogens (tertiary/aromatic N) is 2. The molecule has 0 spiro atoms. The maximum absolute atomic E-state index is 13.0. The van der Waals surface area contributed by atoms with Crippen LogP contribution >= 0.6 is 22.9 Å². The van der Waals surface area contributed by atoms with Gasteiger partial charge in [-0.2, -0.15) is 5.10 Å². The van der Waals surface area contributed by atoms with E-state index in [1.54, 1.807) is 12.1 Å². The van der Waals surface area contributed by atoms with Crippen LogP contribution in [-0.2, 0) is 0 Å². The van der Waals surface area contributed by atoms with Crippen LogP contribution in [0.1, 0.15) is 33.3 Å². The number of carbonyl (C=O) groups is 1. The molecule has 0 saturated carbocycles. The molecule has 2 heterocycles. The molecule has 27 heavy (non-hydrogen) atoms. The molecule has 0 aliphatic carbocycles. The fourth-order valence-corrected chi connectivity index (χ4v) is 4.07. The third-order valence-corrected chi connectivity index (χ3v) is 5.74. The lowest BCUT2D eigenvalue weighted by molar-refractivity contribution is 0.0716. The zero-order valence-corrected chi connectivity index (χ0v) is 16.2. The summed E-state index contributed by atoms with van der Waals surface area (Å²) in [6.07, 6.45) is 0.604. The minimum Gasteiger partial charge on any atom is -0.497 e. The number of halogens is 1.